The number of carbonyl (C=O) groups excluding carboxylic acids is 4. The molecule has 0 fully saturated rings. The lowest BCUT2D eigenvalue weighted by Crippen LogP contribution is -2.09. The number of ether oxygens (including phenoxy) is 8. The maximum absolute atomic E-state index is 13.5. The van der Waals surface area contributed by atoms with Crippen molar-refractivity contribution >= 4 is 45.6 Å². The van der Waals surface area contributed by atoms with E-state index in [1.54, 1.807) is 24.3 Å². The van der Waals surface area contributed by atoms with Gasteiger partial charge in [-0.1, -0.05) is 75.7 Å². The van der Waals surface area contributed by atoms with E-state index in [2.05, 4.69) is 20.1 Å². The number of hydrogen-bond donors (Lipinski definition) is 0. The molecule has 0 radical (unpaired) electrons. The van der Waals surface area contributed by atoms with E-state index in [4.69, 9.17) is 42.9 Å². The molecule has 0 bridgehead atoms. The zero-order chi connectivity index (χ0) is 52.2. The van der Waals surface area contributed by atoms with Crippen molar-refractivity contribution in [2.45, 2.75) is 96.8 Å². The number of hydrogen-bond acceptors (Lipinski definition) is 13. The first-order valence-corrected chi connectivity index (χ1v) is 25.9. The van der Waals surface area contributed by atoms with E-state index in [-0.39, 0.29) is 19.1 Å². The first-order chi connectivity index (χ1) is 36.2. The van der Waals surface area contributed by atoms with Crippen LogP contribution in [0.2, 0.25) is 0 Å². The molecule has 6 aromatic rings. The fraction of sp³-hybridized carbons (Fsp3) is 0.361. The Hall–Kier alpha value is -7.67. The van der Waals surface area contributed by atoms with E-state index < -0.39 is 23.9 Å². The van der Waals surface area contributed by atoms with Crippen molar-refractivity contribution in [2.75, 3.05) is 46.2 Å². The van der Waals surface area contributed by atoms with Crippen molar-refractivity contribution in [3.8, 4) is 28.9 Å². The molecule has 1 aromatic heterocycles. The van der Waals surface area contributed by atoms with Gasteiger partial charge in [-0.3, -0.25) is 0 Å². The molecule has 0 spiro atoms. The van der Waals surface area contributed by atoms with E-state index in [9.17, 15) is 19.2 Å². The van der Waals surface area contributed by atoms with Crippen molar-refractivity contribution < 1.29 is 57.1 Å². The second-order valence-electron chi connectivity index (χ2n) is 17.7. The van der Waals surface area contributed by atoms with Gasteiger partial charge in [-0.25, -0.2) is 24.2 Å². The summed E-state index contributed by atoms with van der Waals surface area (Å²) in [5.41, 5.74) is 3.20. The Labute approximate surface area is 434 Å². The summed E-state index contributed by atoms with van der Waals surface area (Å²) in [7, 11) is 0. The van der Waals surface area contributed by atoms with Gasteiger partial charge in [0.25, 0.3) is 0 Å². The van der Waals surface area contributed by atoms with Crippen LogP contribution in [0.5, 0.6) is 28.9 Å². The molecule has 0 aliphatic carbocycles. The third-order valence-corrected chi connectivity index (χ3v) is 12.1. The van der Waals surface area contributed by atoms with Gasteiger partial charge in [0, 0.05) is 35.8 Å². The monoisotopic (exact) mass is 1010 g/mol. The van der Waals surface area contributed by atoms with Crippen LogP contribution in [0.15, 0.2) is 135 Å². The Morgan fingerprint density at radius 3 is 1.32 bits per heavy atom. The van der Waals surface area contributed by atoms with Gasteiger partial charge < -0.3 is 37.9 Å². The predicted molar refractivity (Wildman–Crippen MR) is 286 cm³/mol. The number of unbranched alkanes of at least 4 members (excludes halogenated alkanes) is 9. The Morgan fingerprint density at radius 2 is 0.851 bits per heavy atom. The second kappa shape index (κ2) is 31.0. The summed E-state index contributed by atoms with van der Waals surface area (Å²) in [5.74, 6) is 1.30. The lowest BCUT2D eigenvalue weighted by atomic mass is 10.0. The fourth-order valence-electron chi connectivity index (χ4n) is 7.90. The summed E-state index contributed by atoms with van der Waals surface area (Å²) in [5, 5.41) is 2.14. The molecule has 0 amide bonds. The van der Waals surface area contributed by atoms with Crippen LogP contribution < -0.4 is 18.9 Å². The van der Waals surface area contributed by atoms with Crippen LogP contribution in [-0.2, 0) is 41.4 Å². The summed E-state index contributed by atoms with van der Waals surface area (Å²) >= 11 is 0. The highest BCUT2D eigenvalue weighted by molar-refractivity contribution is 6.11. The number of rotatable bonds is 34. The lowest BCUT2D eigenvalue weighted by molar-refractivity contribution is -0.138. The molecule has 0 N–H and O–H groups in total. The topological polar surface area (TPSA) is 155 Å². The predicted octanol–water partition coefficient (Wildman–Crippen LogP) is 13.3. The molecule has 0 saturated heterocycles. The van der Waals surface area contributed by atoms with Gasteiger partial charge >= 0.3 is 23.9 Å². The Bertz CT molecular complexity index is 2730. The van der Waals surface area contributed by atoms with Gasteiger partial charge in [0.15, 0.2) is 0 Å². The number of fused-ring (bicyclic) bond motifs is 3. The molecule has 0 aliphatic heterocycles. The summed E-state index contributed by atoms with van der Waals surface area (Å²) < 4.78 is 45.7. The molecule has 6 rings (SSSR count). The van der Waals surface area contributed by atoms with Crippen molar-refractivity contribution in [1.29, 1.82) is 0 Å². The molecule has 13 heteroatoms. The summed E-state index contributed by atoms with van der Waals surface area (Å²) in [6.45, 7) is 11.9. The van der Waals surface area contributed by atoms with Crippen LogP contribution in [0.3, 0.4) is 0 Å². The number of nitrogens with zero attached hydrogens (tertiary/aromatic N) is 1. The molecule has 0 unspecified atom stereocenters. The average Bonchev–Trinajstić information content (AvgIpc) is 3.43. The van der Waals surface area contributed by atoms with E-state index in [0.29, 0.717) is 73.7 Å². The molecular formula is C61H69NO12. The van der Waals surface area contributed by atoms with E-state index in [0.717, 1.165) is 110 Å². The minimum Gasteiger partial charge on any atom is -0.494 e. The SMILES string of the molecule is C=CC(=O)OCCCCCCOc1ccc(CCOC(=O)c2ccc3c(c2)nc(Oc2ccc(OCCCCCC)cc2)c2cc(C(=O)OCCc4ccc(OCCCCCCOC(=O)C=C)cc4)ccc23)cc1. The van der Waals surface area contributed by atoms with Gasteiger partial charge in [-0.2, -0.15) is 0 Å². The number of carbonyl (C=O) groups is 4. The van der Waals surface area contributed by atoms with E-state index in [1.165, 1.54) is 18.6 Å². The largest absolute Gasteiger partial charge is 0.494 e. The van der Waals surface area contributed by atoms with Gasteiger partial charge in [0.1, 0.15) is 23.0 Å². The van der Waals surface area contributed by atoms with Crippen LogP contribution in [0.1, 0.15) is 116 Å². The quantitative estimate of drug-likeness (QED) is 0.0124. The molecular weight excluding hydrogens is 939 g/mol. The van der Waals surface area contributed by atoms with Crippen LogP contribution in [0, 0.1) is 0 Å². The van der Waals surface area contributed by atoms with Crippen LogP contribution in [0.25, 0.3) is 21.7 Å². The highest BCUT2D eigenvalue weighted by Gasteiger charge is 2.18. The molecule has 0 atom stereocenters. The highest BCUT2D eigenvalue weighted by atomic mass is 16.5. The van der Waals surface area contributed by atoms with Gasteiger partial charge in [0.2, 0.25) is 5.88 Å². The van der Waals surface area contributed by atoms with Crippen molar-refractivity contribution in [1.82, 2.24) is 4.98 Å². The molecule has 5 aromatic carbocycles. The Balaban J connectivity index is 1.04. The van der Waals surface area contributed by atoms with Crippen LogP contribution >= 0.6 is 0 Å². The van der Waals surface area contributed by atoms with E-state index in [1.807, 2.05) is 84.9 Å². The van der Waals surface area contributed by atoms with Gasteiger partial charge in [-0.05, 0) is 147 Å². The first kappa shape index (κ1) is 55.6. The number of pyridine rings is 1. The van der Waals surface area contributed by atoms with Crippen LogP contribution in [-0.4, -0.2) is 75.1 Å². The number of benzene rings is 5. The molecule has 390 valence electrons. The van der Waals surface area contributed by atoms with Crippen LogP contribution in [0.4, 0.5) is 0 Å². The average molecular weight is 1010 g/mol. The summed E-state index contributed by atoms with van der Waals surface area (Å²) in [6.07, 6.45) is 15.0. The minimum atomic E-state index is -0.482. The summed E-state index contributed by atoms with van der Waals surface area (Å²) in [6, 6.07) is 33.4. The zero-order valence-electron chi connectivity index (χ0n) is 42.7. The molecule has 0 saturated carbocycles. The first-order valence-electron chi connectivity index (χ1n) is 25.9. The molecule has 0 aliphatic rings. The standard InChI is InChI=1S/C61H69NO12/c1-4-7-8-13-36-69-51-28-30-52(31-29-51)74-59-55-43-47(60(65)72-41-34-45-18-24-49(25-19-45)67-37-14-9-11-16-39-70-57(63)5-2)22-32-53(55)54-33-23-48(44-56(54)62-59)61(66)73-42-35-46-20-26-50(27-21-46)68-38-15-10-12-17-40-71-58(64)6-3/h5-6,18-33,43-44H,2-4,7-17,34-42H2,1H3. The maximum Gasteiger partial charge on any atom is 0.338 e. The Kier molecular flexibility index (Phi) is 23.3. The minimum absolute atomic E-state index is 0.174. The van der Waals surface area contributed by atoms with Crippen molar-refractivity contribution in [3.63, 3.8) is 0 Å². The summed E-state index contributed by atoms with van der Waals surface area (Å²) in [4.78, 5) is 54.1. The lowest BCUT2D eigenvalue weighted by Gasteiger charge is -2.14. The number of esters is 4. The molecule has 74 heavy (non-hydrogen) atoms. The Morgan fingerprint density at radius 1 is 0.432 bits per heavy atom. The van der Waals surface area contributed by atoms with Crippen molar-refractivity contribution in [2.24, 2.45) is 0 Å². The third kappa shape index (κ3) is 18.7. The van der Waals surface area contributed by atoms with Gasteiger partial charge in [0.05, 0.1) is 62.9 Å². The molecule has 13 nitrogen and oxygen atoms in total. The van der Waals surface area contributed by atoms with E-state index >= 15 is 0 Å². The normalized spacial score (nSPS) is 10.9. The van der Waals surface area contributed by atoms with Gasteiger partial charge in [-0.15, -0.1) is 0 Å². The highest BCUT2D eigenvalue weighted by Crippen LogP contribution is 2.35. The maximum atomic E-state index is 13.5. The molecule has 1 heterocycles. The second-order valence-corrected chi connectivity index (χ2v) is 17.7. The van der Waals surface area contributed by atoms with Crippen molar-refractivity contribution in [3.05, 3.63) is 157 Å². The fourth-order valence-corrected chi connectivity index (χ4v) is 7.90. The number of aromatic nitrogens is 1. The zero-order valence-corrected chi connectivity index (χ0v) is 42.7. The third-order valence-electron chi connectivity index (χ3n) is 12.1. The smallest absolute Gasteiger partial charge is 0.338 e.